The minimum absolute atomic E-state index is 0. The Morgan fingerprint density at radius 1 is 1.23 bits per heavy atom. The first-order valence-electron chi connectivity index (χ1n) is 9.67. The molecule has 0 N–H and O–H groups in total. The molecule has 1 amide bonds. The zero-order valence-corrected chi connectivity index (χ0v) is 17.1. The van der Waals surface area contributed by atoms with Crippen LogP contribution in [0.3, 0.4) is 0 Å². The first kappa shape index (κ1) is 21.2. The average molecular weight is 381 g/mol. The van der Waals surface area contributed by atoms with Crippen LogP contribution in [-0.2, 0) is 16.0 Å². The lowest BCUT2D eigenvalue weighted by Crippen LogP contribution is -2.61. The van der Waals surface area contributed by atoms with Gasteiger partial charge in [0, 0.05) is 39.6 Å². The van der Waals surface area contributed by atoms with Crippen molar-refractivity contribution in [2.45, 2.75) is 51.7 Å². The molecule has 1 atom stereocenters. The number of carbonyl (C=O) groups is 1. The van der Waals surface area contributed by atoms with Crippen LogP contribution < -0.4 is 0 Å². The Kier molecular flexibility index (Phi) is 7.51. The van der Waals surface area contributed by atoms with Crippen LogP contribution in [0.25, 0.3) is 0 Å². The number of likely N-dealkylation sites (tertiary alicyclic amines) is 1. The minimum Gasteiger partial charge on any atom is -0.368 e. The first-order chi connectivity index (χ1) is 12.0. The zero-order chi connectivity index (χ0) is 17.9. The van der Waals surface area contributed by atoms with Crippen molar-refractivity contribution < 1.29 is 9.53 Å². The van der Waals surface area contributed by atoms with Crippen LogP contribution in [0.4, 0.5) is 0 Å². The van der Waals surface area contributed by atoms with Crippen LogP contribution in [0.1, 0.15) is 39.2 Å². The maximum Gasteiger partial charge on any atom is 0.219 e. The summed E-state index contributed by atoms with van der Waals surface area (Å²) in [5, 5.41) is 0. The number of halogens is 1. The number of piperidine rings is 1. The van der Waals surface area contributed by atoms with Gasteiger partial charge in [-0.15, -0.1) is 12.4 Å². The summed E-state index contributed by atoms with van der Waals surface area (Å²) in [6.07, 6.45) is 3.31. The van der Waals surface area contributed by atoms with Gasteiger partial charge in [0.1, 0.15) is 0 Å². The first-order valence-corrected chi connectivity index (χ1v) is 9.67. The number of rotatable bonds is 4. The molecule has 1 spiro atoms. The Hall–Kier alpha value is -1.10. The predicted molar refractivity (Wildman–Crippen MR) is 108 cm³/mol. The van der Waals surface area contributed by atoms with Crippen molar-refractivity contribution in [3.63, 3.8) is 0 Å². The minimum atomic E-state index is -0.137. The van der Waals surface area contributed by atoms with Crippen molar-refractivity contribution >= 4 is 18.3 Å². The average Bonchev–Trinajstić information content (AvgIpc) is 2.62. The highest BCUT2D eigenvalue weighted by atomic mass is 35.5. The number of morpholine rings is 1. The summed E-state index contributed by atoms with van der Waals surface area (Å²) in [5.74, 6) is 0.620. The van der Waals surface area contributed by atoms with Crippen LogP contribution in [0.15, 0.2) is 30.3 Å². The van der Waals surface area contributed by atoms with E-state index < -0.39 is 0 Å². The number of hydrogen-bond donors (Lipinski definition) is 0. The van der Waals surface area contributed by atoms with Gasteiger partial charge < -0.3 is 14.5 Å². The lowest BCUT2D eigenvalue weighted by Gasteiger charge is -2.50. The van der Waals surface area contributed by atoms with E-state index in [2.05, 4.69) is 49.1 Å². The summed E-state index contributed by atoms with van der Waals surface area (Å²) in [7, 11) is 0. The molecule has 1 aromatic rings. The summed E-state index contributed by atoms with van der Waals surface area (Å²) in [5.41, 5.74) is 1.27. The van der Waals surface area contributed by atoms with Gasteiger partial charge in [0.2, 0.25) is 5.91 Å². The van der Waals surface area contributed by atoms with E-state index in [0.717, 1.165) is 52.0 Å². The smallest absolute Gasteiger partial charge is 0.219 e. The molecule has 3 rings (SSSR count). The molecule has 2 aliphatic heterocycles. The van der Waals surface area contributed by atoms with Crippen molar-refractivity contribution in [3.8, 4) is 0 Å². The summed E-state index contributed by atoms with van der Waals surface area (Å²) < 4.78 is 6.55. The number of amides is 1. The molecule has 0 radical (unpaired) electrons. The number of ether oxygens (including phenoxy) is 1. The van der Waals surface area contributed by atoms with Crippen molar-refractivity contribution in [3.05, 3.63) is 35.9 Å². The molecule has 5 heteroatoms. The van der Waals surface area contributed by atoms with E-state index >= 15 is 0 Å². The fourth-order valence-electron chi connectivity index (χ4n) is 4.00. The van der Waals surface area contributed by atoms with Gasteiger partial charge in [0.15, 0.2) is 0 Å². The second-order valence-electron chi connectivity index (χ2n) is 8.06. The predicted octanol–water partition coefficient (Wildman–Crippen LogP) is 3.39. The van der Waals surface area contributed by atoms with Crippen molar-refractivity contribution in [1.29, 1.82) is 0 Å². The number of carbonyl (C=O) groups excluding carboxylic acids is 1. The number of nitrogens with zero attached hydrogens (tertiary/aromatic N) is 2. The Balaban J connectivity index is 0.00000243. The molecule has 1 unspecified atom stereocenters. The molecule has 2 heterocycles. The van der Waals surface area contributed by atoms with Crippen LogP contribution in [0, 0.1) is 5.92 Å². The SMILES string of the molecule is CC(=O)N1CC(C(C)C)OC2(CCN(CCc3ccccc3)CC2)C1.Cl. The van der Waals surface area contributed by atoms with E-state index in [1.807, 2.05) is 4.90 Å². The molecule has 1 aromatic carbocycles. The van der Waals surface area contributed by atoms with Gasteiger partial charge in [0.05, 0.1) is 11.7 Å². The highest BCUT2D eigenvalue weighted by Gasteiger charge is 2.44. The number of hydrogen-bond acceptors (Lipinski definition) is 3. The summed E-state index contributed by atoms with van der Waals surface area (Å²) in [4.78, 5) is 16.5. The lowest BCUT2D eigenvalue weighted by atomic mass is 9.87. The molecule has 26 heavy (non-hydrogen) atoms. The summed E-state index contributed by atoms with van der Waals surface area (Å²) in [6.45, 7) is 10.8. The Labute approximate surface area is 164 Å². The molecule has 2 fully saturated rings. The van der Waals surface area contributed by atoms with Gasteiger partial charge >= 0.3 is 0 Å². The van der Waals surface area contributed by atoms with Crippen LogP contribution in [0.2, 0.25) is 0 Å². The lowest BCUT2D eigenvalue weighted by molar-refractivity contribution is -0.191. The summed E-state index contributed by atoms with van der Waals surface area (Å²) >= 11 is 0. The largest absolute Gasteiger partial charge is 0.368 e. The molecular weight excluding hydrogens is 348 g/mol. The summed E-state index contributed by atoms with van der Waals surface area (Å²) in [6, 6.07) is 10.7. The molecule has 2 aliphatic rings. The van der Waals surface area contributed by atoms with Gasteiger partial charge in [-0.3, -0.25) is 4.79 Å². The fraction of sp³-hybridized carbons (Fsp3) is 0.667. The second-order valence-corrected chi connectivity index (χ2v) is 8.06. The van der Waals surface area contributed by atoms with E-state index in [4.69, 9.17) is 4.74 Å². The molecule has 4 nitrogen and oxygen atoms in total. The highest BCUT2D eigenvalue weighted by molar-refractivity contribution is 5.85. The van der Waals surface area contributed by atoms with Crippen LogP contribution in [-0.4, -0.2) is 60.1 Å². The Morgan fingerprint density at radius 3 is 2.46 bits per heavy atom. The zero-order valence-electron chi connectivity index (χ0n) is 16.3. The standard InChI is InChI=1S/C21H32N2O2.ClH/c1-17(2)20-15-23(18(3)24)16-21(25-20)10-13-22(14-11-21)12-9-19-7-5-4-6-8-19;/h4-8,17,20H,9-16H2,1-3H3;1H. The van der Waals surface area contributed by atoms with Crippen molar-refractivity contribution in [2.24, 2.45) is 5.92 Å². The topological polar surface area (TPSA) is 32.8 Å². The molecule has 0 bridgehead atoms. The van der Waals surface area contributed by atoms with Gasteiger partial charge in [-0.25, -0.2) is 0 Å². The fourth-order valence-corrected chi connectivity index (χ4v) is 4.00. The van der Waals surface area contributed by atoms with E-state index in [9.17, 15) is 4.79 Å². The molecule has 2 saturated heterocycles. The van der Waals surface area contributed by atoms with E-state index in [1.54, 1.807) is 6.92 Å². The molecule has 0 saturated carbocycles. The van der Waals surface area contributed by atoms with E-state index in [-0.39, 0.29) is 30.0 Å². The molecule has 146 valence electrons. The Bertz CT molecular complexity index is 571. The third-order valence-corrected chi connectivity index (χ3v) is 5.80. The maximum atomic E-state index is 12.0. The van der Waals surface area contributed by atoms with E-state index in [1.165, 1.54) is 5.56 Å². The third kappa shape index (κ3) is 5.21. The second kappa shape index (κ2) is 9.20. The van der Waals surface area contributed by atoms with Crippen molar-refractivity contribution in [1.82, 2.24) is 9.80 Å². The number of benzene rings is 1. The maximum absolute atomic E-state index is 12.0. The monoisotopic (exact) mass is 380 g/mol. The van der Waals surface area contributed by atoms with Gasteiger partial charge in [-0.1, -0.05) is 44.2 Å². The van der Waals surface area contributed by atoms with Crippen LogP contribution >= 0.6 is 12.4 Å². The van der Waals surface area contributed by atoms with Gasteiger partial charge in [-0.2, -0.15) is 0 Å². The molecule has 0 aromatic heterocycles. The van der Waals surface area contributed by atoms with Gasteiger partial charge in [0.25, 0.3) is 0 Å². The van der Waals surface area contributed by atoms with Crippen LogP contribution in [0.5, 0.6) is 0 Å². The van der Waals surface area contributed by atoms with Gasteiger partial charge in [-0.05, 0) is 30.7 Å². The third-order valence-electron chi connectivity index (χ3n) is 5.80. The van der Waals surface area contributed by atoms with E-state index in [0.29, 0.717) is 5.92 Å². The van der Waals surface area contributed by atoms with Crippen molar-refractivity contribution in [2.75, 3.05) is 32.7 Å². The Morgan fingerprint density at radius 2 is 1.88 bits per heavy atom. The molecule has 0 aliphatic carbocycles. The highest BCUT2D eigenvalue weighted by Crippen LogP contribution is 2.34. The molecular formula is C21H33ClN2O2. The normalized spacial score (nSPS) is 23.1. The quantitative estimate of drug-likeness (QED) is 0.802.